The summed E-state index contributed by atoms with van der Waals surface area (Å²) in [7, 11) is 1.52. The number of hydrogen-bond acceptors (Lipinski definition) is 5. The molecule has 2 aromatic rings. The van der Waals surface area contributed by atoms with Crippen LogP contribution in [-0.4, -0.2) is 60.3 Å². The van der Waals surface area contributed by atoms with E-state index in [1.54, 1.807) is 12.3 Å². The van der Waals surface area contributed by atoms with Crippen LogP contribution >= 0.6 is 0 Å². The van der Waals surface area contributed by atoms with Gasteiger partial charge < -0.3 is 26.0 Å². The van der Waals surface area contributed by atoms with Crippen molar-refractivity contribution >= 4 is 22.6 Å². The number of carbonyl (C=O) groups excluding carboxylic acids is 1. The van der Waals surface area contributed by atoms with Gasteiger partial charge in [0.1, 0.15) is 5.65 Å². The number of amides is 1. The molecule has 2 aromatic heterocycles. The van der Waals surface area contributed by atoms with E-state index >= 15 is 0 Å². The Labute approximate surface area is 153 Å². The highest BCUT2D eigenvalue weighted by Gasteiger charge is 2.33. The minimum absolute atomic E-state index is 0.101. The fourth-order valence-electron chi connectivity index (χ4n) is 3.31. The summed E-state index contributed by atoms with van der Waals surface area (Å²) < 4.78 is 37.0. The highest BCUT2D eigenvalue weighted by molar-refractivity contribution is 6.06. The SMILES string of the molecule is CNC(=O)c1cnc2[nH]ccc2c1NN1CC[C@H](C[NH+]([O-])CC(F)(F)F)C1. The van der Waals surface area contributed by atoms with Gasteiger partial charge in [-0.1, -0.05) is 0 Å². The van der Waals surface area contributed by atoms with Crippen molar-refractivity contribution in [2.45, 2.75) is 12.6 Å². The van der Waals surface area contributed by atoms with Crippen molar-refractivity contribution in [3.8, 4) is 0 Å². The maximum atomic E-state index is 12.3. The summed E-state index contributed by atoms with van der Waals surface area (Å²) in [6.07, 6.45) is -0.695. The molecular formula is C16H21F3N6O2. The molecule has 0 aromatic carbocycles. The van der Waals surface area contributed by atoms with Crippen LogP contribution in [0.4, 0.5) is 18.9 Å². The lowest BCUT2D eigenvalue weighted by Crippen LogP contribution is -3.09. The van der Waals surface area contributed by atoms with Crippen LogP contribution in [0.1, 0.15) is 16.8 Å². The summed E-state index contributed by atoms with van der Waals surface area (Å²) in [5.74, 6) is -0.455. The van der Waals surface area contributed by atoms with Gasteiger partial charge in [0, 0.05) is 43.8 Å². The van der Waals surface area contributed by atoms with Crippen LogP contribution in [0, 0.1) is 11.1 Å². The molecule has 27 heavy (non-hydrogen) atoms. The molecular weight excluding hydrogens is 365 g/mol. The van der Waals surface area contributed by atoms with Crippen molar-refractivity contribution in [3.63, 3.8) is 0 Å². The van der Waals surface area contributed by atoms with Gasteiger partial charge in [0.15, 0.2) is 6.54 Å². The van der Waals surface area contributed by atoms with E-state index in [1.807, 2.05) is 5.01 Å². The first-order valence-electron chi connectivity index (χ1n) is 8.55. The molecule has 1 saturated heterocycles. The number of rotatable bonds is 6. The van der Waals surface area contributed by atoms with E-state index in [2.05, 4.69) is 20.7 Å². The van der Waals surface area contributed by atoms with Crippen LogP contribution in [0.25, 0.3) is 11.0 Å². The highest BCUT2D eigenvalue weighted by Crippen LogP contribution is 2.27. The molecule has 0 bridgehead atoms. The number of H-pyrrole nitrogens is 1. The monoisotopic (exact) mass is 386 g/mol. The quantitative estimate of drug-likeness (QED) is 0.543. The molecule has 4 N–H and O–H groups in total. The Bertz CT molecular complexity index is 809. The van der Waals surface area contributed by atoms with E-state index in [0.717, 1.165) is 5.39 Å². The zero-order valence-electron chi connectivity index (χ0n) is 14.7. The lowest BCUT2D eigenvalue weighted by atomic mass is 10.1. The maximum absolute atomic E-state index is 12.3. The van der Waals surface area contributed by atoms with E-state index in [1.165, 1.54) is 13.2 Å². The Morgan fingerprint density at radius 1 is 1.52 bits per heavy atom. The number of halogens is 3. The van der Waals surface area contributed by atoms with Crippen molar-refractivity contribution in [3.05, 3.63) is 29.2 Å². The predicted molar refractivity (Wildman–Crippen MR) is 92.9 cm³/mol. The summed E-state index contributed by atoms with van der Waals surface area (Å²) in [5.41, 5.74) is 4.73. The van der Waals surface area contributed by atoms with Gasteiger partial charge in [-0.05, 0) is 12.5 Å². The third kappa shape index (κ3) is 4.67. The van der Waals surface area contributed by atoms with E-state index < -0.39 is 17.8 Å². The zero-order valence-corrected chi connectivity index (χ0v) is 14.7. The van der Waals surface area contributed by atoms with Gasteiger partial charge >= 0.3 is 6.18 Å². The average Bonchev–Trinajstić information content (AvgIpc) is 3.22. The van der Waals surface area contributed by atoms with Crippen molar-refractivity contribution in [1.82, 2.24) is 20.3 Å². The molecule has 1 amide bonds. The number of hydroxylamine groups is 2. The predicted octanol–water partition coefficient (Wildman–Crippen LogP) is 0.516. The number of hydrogen-bond donors (Lipinski definition) is 4. The molecule has 0 saturated carbocycles. The number of quaternary nitrogens is 1. The van der Waals surface area contributed by atoms with Gasteiger partial charge in [-0.3, -0.25) is 4.79 Å². The molecule has 0 aliphatic carbocycles. The molecule has 0 spiro atoms. The number of pyridine rings is 1. The Morgan fingerprint density at radius 3 is 3.00 bits per heavy atom. The van der Waals surface area contributed by atoms with Crippen LogP contribution < -0.4 is 15.8 Å². The first-order chi connectivity index (χ1) is 12.8. The van der Waals surface area contributed by atoms with Gasteiger partial charge in [-0.2, -0.15) is 13.2 Å². The number of carbonyl (C=O) groups is 1. The lowest BCUT2D eigenvalue weighted by molar-refractivity contribution is -0.863. The van der Waals surface area contributed by atoms with Crippen LogP contribution in [-0.2, 0) is 0 Å². The van der Waals surface area contributed by atoms with Crippen LogP contribution in [0.3, 0.4) is 0 Å². The van der Waals surface area contributed by atoms with Crippen LogP contribution in [0.2, 0.25) is 0 Å². The van der Waals surface area contributed by atoms with Crippen molar-refractivity contribution in [2.24, 2.45) is 5.92 Å². The second kappa shape index (κ2) is 7.71. The Morgan fingerprint density at radius 2 is 2.30 bits per heavy atom. The van der Waals surface area contributed by atoms with Crippen molar-refractivity contribution in [1.29, 1.82) is 0 Å². The number of anilines is 1. The minimum Gasteiger partial charge on any atom is -0.634 e. The summed E-state index contributed by atoms with van der Waals surface area (Å²) in [6, 6.07) is 1.79. The molecule has 1 unspecified atom stereocenters. The molecule has 2 atom stereocenters. The average molecular weight is 386 g/mol. The normalized spacial score (nSPS) is 19.4. The highest BCUT2D eigenvalue weighted by atomic mass is 19.4. The van der Waals surface area contributed by atoms with Gasteiger partial charge in [0.2, 0.25) is 0 Å². The largest absolute Gasteiger partial charge is 0.634 e. The molecule has 1 fully saturated rings. The molecule has 8 nitrogen and oxygen atoms in total. The number of alkyl halides is 3. The maximum Gasteiger partial charge on any atom is 0.438 e. The summed E-state index contributed by atoms with van der Waals surface area (Å²) in [4.78, 5) is 19.3. The standard InChI is InChI=1S/C16H21F3N6O2/c1-20-15(26)12-6-22-14-11(2-4-21-14)13(12)23-24-5-3-10(7-24)8-25(27)9-16(17,18)19/h2,4,6,10,25H,3,5,7-9H2,1H3,(H,20,26)(H2,21,22,23)/t10-/m0/s1. The zero-order chi connectivity index (χ0) is 19.6. The smallest absolute Gasteiger partial charge is 0.438 e. The summed E-state index contributed by atoms with van der Waals surface area (Å²) in [6.45, 7) is -0.502. The number of nitrogens with one attached hydrogen (secondary N) is 4. The van der Waals surface area contributed by atoms with E-state index in [0.29, 0.717) is 36.4 Å². The van der Waals surface area contributed by atoms with Gasteiger partial charge in [0.05, 0.1) is 17.8 Å². The van der Waals surface area contributed by atoms with E-state index in [-0.39, 0.29) is 18.4 Å². The second-order valence-electron chi connectivity index (χ2n) is 6.61. The topological polar surface area (TPSA) is 101 Å². The van der Waals surface area contributed by atoms with Crippen molar-refractivity contribution in [2.75, 3.05) is 38.7 Å². The number of nitrogens with zero attached hydrogens (tertiary/aromatic N) is 2. The third-order valence-electron chi connectivity index (χ3n) is 4.53. The number of hydrazine groups is 1. The lowest BCUT2D eigenvalue weighted by Gasteiger charge is -2.26. The molecule has 3 heterocycles. The molecule has 3 rings (SSSR count). The molecule has 1 aliphatic heterocycles. The van der Waals surface area contributed by atoms with Gasteiger partial charge in [-0.15, -0.1) is 0 Å². The first-order valence-corrected chi connectivity index (χ1v) is 8.55. The fraction of sp³-hybridized carbons (Fsp3) is 0.500. The van der Waals surface area contributed by atoms with Crippen LogP contribution in [0.5, 0.6) is 0 Å². The minimum atomic E-state index is -4.47. The summed E-state index contributed by atoms with van der Waals surface area (Å²) in [5, 5.41) is 15.9. The van der Waals surface area contributed by atoms with Crippen molar-refractivity contribution < 1.29 is 23.0 Å². The third-order valence-corrected chi connectivity index (χ3v) is 4.53. The Hall–Kier alpha value is -2.37. The first kappa shape index (κ1) is 19.4. The second-order valence-corrected chi connectivity index (χ2v) is 6.61. The van der Waals surface area contributed by atoms with Gasteiger partial charge in [0.25, 0.3) is 5.91 Å². The van der Waals surface area contributed by atoms with Gasteiger partial charge in [-0.25, -0.2) is 9.99 Å². The van der Waals surface area contributed by atoms with E-state index in [9.17, 15) is 23.2 Å². The fourth-order valence-corrected chi connectivity index (χ4v) is 3.31. The molecule has 1 aliphatic rings. The van der Waals surface area contributed by atoms with Crippen LogP contribution in [0.15, 0.2) is 18.5 Å². The summed E-state index contributed by atoms with van der Waals surface area (Å²) >= 11 is 0. The Balaban J connectivity index is 1.69. The Kier molecular flexibility index (Phi) is 5.53. The van der Waals surface area contributed by atoms with E-state index in [4.69, 9.17) is 0 Å². The number of fused-ring (bicyclic) bond motifs is 1. The number of aromatic nitrogens is 2. The molecule has 0 radical (unpaired) electrons. The number of aromatic amines is 1. The molecule has 148 valence electrons. The molecule has 11 heteroatoms.